The zero-order chi connectivity index (χ0) is 43.5. The summed E-state index contributed by atoms with van der Waals surface area (Å²) >= 11 is 0. The molecule has 0 saturated carbocycles. The zero-order valence-corrected chi connectivity index (χ0v) is 33.1. The van der Waals surface area contributed by atoms with Crippen molar-refractivity contribution in [1.82, 2.24) is 19.9 Å². The largest absolute Gasteiger partial charge is 0.508 e. The van der Waals surface area contributed by atoms with Gasteiger partial charge in [-0.05, 0) is 109 Å². The predicted octanol–water partition coefficient (Wildman–Crippen LogP) is 11.1. The maximum atomic E-state index is 16.7. The van der Waals surface area contributed by atoms with Gasteiger partial charge in [-0.15, -0.1) is 0 Å². The van der Waals surface area contributed by atoms with Crippen molar-refractivity contribution in [2.45, 2.75) is 19.3 Å². The quantitative estimate of drug-likeness (QED) is 0.0787. The highest BCUT2D eigenvalue weighted by molar-refractivity contribution is 6.00. The fourth-order valence-electron chi connectivity index (χ4n) is 8.18. The van der Waals surface area contributed by atoms with Crippen LogP contribution in [0.2, 0.25) is 0 Å². The topological polar surface area (TPSA) is 146 Å². The predicted molar refractivity (Wildman–Crippen MR) is 231 cm³/mol. The van der Waals surface area contributed by atoms with E-state index in [0.29, 0.717) is 61.3 Å². The highest BCUT2D eigenvalue weighted by Crippen LogP contribution is 2.43. The fourth-order valence-corrected chi connectivity index (χ4v) is 8.18. The van der Waals surface area contributed by atoms with Gasteiger partial charge in [0.1, 0.15) is 30.0 Å². The van der Waals surface area contributed by atoms with E-state index in [-0.39, 0.29) is 46.3 Å². The molecule has 1 saturated heterocycles. The van der Waals surface area contributed by atoms with Crippen molar-refractivity contribution in [1.29, 1.82) is 0 Å². The summed E-state index contributed by atoms with van der Waals surface area (Å²) in [6, 6.07) is 26.3. The molecular formula is C49H34F4N4O6. The minimum atomic E-state index is -1.76. The Morgan fingerprint density at radius 1 is 0.556 bits per heavy atom. The lowest BCUT2D eigenvalue weighted by molar-refractivity contribution is -0.0490. The second-order valence-corrected chi connectivity index (χ2v) is 15.1. The molecule has 0 amide bonds. The molecule has 4 aromatic carbocycles. The molecule has 3 aromatic heterocycles. The number of H-pyrrole nitrogens is 2. The molecule has 0 spiro atoms. The van der Waals surface area contributed by atoms with Gasteiger partial charge in [0.15, 0.2) is 23.7 Å². The molecule has 8 bridgehead atoms. The monoisotopic (exact) mass is 850 g/mol. The van der Waals surface area contributed by atoms with Gasteiger partial charge in [-0.3, -0.25) is 0 Å². The Balaban J connectivity index is 1.33. The van der Waals surface area contributed by atoms with Crippen LogP contribution in [0.3, 0.4) is 0 Å². The standard InChI is InChI=1S/C49H34F4N4O6/c1-24-61-22-31(63-24)23-62-49-47(52)45(50)44(46(51)48(49)53)43-38-17-15-36(56-38)41(26-6-3-9-29(59)20-26)34-13-11-32(54-34)40(25-5-2-8-28(58)19-25)33-12-14-35(55-33)42(37-16-18-39(43)57-37)27-7-4-10-30(60)21-27/h2-21,24,31,54,57-60H,22-23H2,1H3. The summed E-state index contributed by atoms with van der Waals surface area (Å²) in [7, 11) is 0. The lowest BCUT2D eigenvalue weighted by Crippen LogP contribution is -2.21. The van der Waals surface area contributed by atoms with Crippen molar-refractivity contribution in [2.24, 2.45) is 0 Å². The van der Waals surface area contributed by atoms with Crippen molar-refractivity contribution >= 4 is 46.4 Å². The van der Waals surface area contributed by atoms with Gasteiger partial charge >= 0.3 is 0 Å². The van der Waals surface area contributed by atoms with E-state index >= 15 is 17.6 Å². The van der Waals surface area contributed by atoms with E-state index in [9.17, 15) is 15.3 Å². The van der Waals surface area contributed by atoms with Crippen molar-refractivity contribution in [3.8, 4) is 67.5 Å². The van der Waals surface area contributed by atoms with Crippen LogP contribution in [0.5, 0.6) is 23.0 Å². The SMILES string of the molecule is CC1OCC(COc2c(F)c(F)c(-c3c4nc(c(-c5cccc(O)c5)c5ccc([nH]5)c(-c5cccc(O)c5)c5nc(c(-c6cccc(O)c6)c6ccc3[nH]6)C=C5)C=C4)c(F)c2F)O1. The highest BCUT2D eigenvalue weighted by Gasteiger charge is 2.32. The first-order chi connectivity index (χ1) is 30.5. The first-order valence-corrected chi connectivity index (χ1v) is 19.8. The third-order valence-electron chi connectivity index (χ3n) is 10.9. The number of aromatic amines is 2. The molecule has 7 aromatic rings. The second kappa shape index (κ2) is 15.7. The molecule has 1 fully saturated rings. The third kappa shape index (κ3) is 7.14. The van der Waals surface area contributed by atoms with Gasteiger partial charge in [0.2, 0.25) is 11.6 Å². The third-order valence-corrected chi connectivity index (χ3v) is 10.9. The first-order valence-electron chi connectivity index (χ1n) is 19.8. The highest BCUT2D eigenvalue weighted by atomic mass is 19.2. The van der Waals surface area contributed by atoms with Crippen molar-refractivity contribution in [3.05, 3.63) is 143 Å². The zero-order valence-electron chi connectivity index (χ0n) is 33.1. The van der Waals surface area contributed by atoms with Gasteiger partial charge in [-0.1, -0.05) is 36.4 Å². The Hall–Kier alpha value is -7.68. The van der Waals surface area contributed by atoms with Crippen LogP contribution in [0.25, 0.3) is 90.9 Å². The number of fused-ring (bicyclic) bond motifs is 8. The lowest BCUT2D eigenvalue weighted by atomic mass is 10.0. The number of halogens is 4. The summed E-state index contributed by atoms with van der Waals surface area (Å²) in [5.74, 6) is -8.31. The summed E-state index contributed by atoms with van der Waals surface area (Å²) in [5, 5.41) is 31.9. The molecule has 0 aliphatic carbocycles. The smallest absolute Gasteiger partial charge is 0.204 e. The summed E-state index contributed by atoms with van der Waals surface area (Å²) in [5.41, 5.74) is 4.44. The average Bonchev–Trinajstić information content (AvgIpc) is 4.13. The van der Waals surface area contributed by atoms with E-state index in [1.54, 1.807) is 79.7 Å². The van der Waals surface area contributed by atoms with Crippen molar-refractivity contribution < 1.29 is 47.1 Å². The van der Waals surface area contributed by atoms with Crippen molar-refractivity contribution in [2.75, 3.05) is 13.2 Å². The Morgan fingerprint density at radius 2 is 0.952 bits per heavy atom. The molecule has 2 atom stereocenters. The minimum absolute atomic E-state index is 0.0232. The number of nitrogens with zero attached hydrogens (tertiary/aromatic N) is 2. The van der Waals surface area contributed by atoms with Gasteiger partial charge in [0, 0.05) is 44.3 Å². The Bertz CT molecular complexity index is 3180. The van der Waals surface area contributed by atoms with Gasteiger partial charge < -0.3 is 39.5 Å². The van der Waals surface area contributed by atoms with E-state index in [4.69, 9.17) is 24.2 Å². The molecule has 10 rings (SSSR count). The van der Waals surface area contributed by atoms with Crippen LogP contribution in [-0.4, -0.2) is 60.9 Å². The first kappa shape index (κ1) is 39.5. The van der Waals surface area contributed by atoms with E-state index in [1.165, 1.54) is 36.4 Å². The molecule has 3 aliphatic heterocycles. The number of nitrogens with one attached hydrogen (secondary N) is 2. The number of aromatic nitrogens is 4. The maximum Gasteiger partial charge on any atom is 0.204 e. The number of ether oxygens (including phenoxy) is 3. The molecule has 10 nitrogen and oxygen atoms in total. The molecule has 63 heavy (non-hydrogen) atoms. The normalized spacial score (nSPS) is 15.6. The number of hydrogen-bond acceptors (Lipinski definition) is 8. The van der Waals surface area contributed by atoms with Crippen LogP contribution >= 0.6 is 0 Å². The average molecular weight is 851 g/mol. The molecule has 2 unspecified atom stereocenters. The van der Waals surface area contributed by atoms with E-state index in [0.717, 1.165) is 0 Å². The molecule has 314 valence electrons. The van der Waals surface area contributed by atoms with E-state index in [2.05, 4.69) is 9.97 Å². The number of hydrogen-bond donors (Lipinski definition) is 5. The van der Waals surface area contributed by atoms with Crippen molar-refractivity contribution in [3.63, 3.8) is 0 Å². The Morgan fingerprint density at radius 3 is 1.33 bits per heavy atom. The summed E-state index contributed by atoms with van der Waals surface area (Å²) in [6.45, 7) is 1.24. The summed E-state index contributed by atoms with van der Waals surface area (Å²) in [4.78, 5) is 16.7. The van der Waals surface area contributed by atoms with Gasteiger partial charge in [0.05, 0.1) is 34.9 Å². The maximum absolute atomic E-state index is 16.7. The van der Waals surface area contributed by atoms with E-state index in [1.807, 2.05) is 12.1 Å². The number of benzene rings is 4. The van der Waals surface area contributed by atoms with Crippen LogP contribution in [0.4, 0.5) is 17.6 Å². The van der Waals surface area contributed by atoms with Crippen LogP contribution in [-0.2, 0) is 9.47 Å². The summed E-state index contributed by atoms with van der Waals surface area (Å²) < 4.78 is 81.6. The minimum Gasteiger partial charge on any atom is -0.508 e. The molecular weight excluding hydrogens is 817 g/mol. The lowest BCUT2D eigenvalue weighted by Gasteiger charge is -2.15. The Labute approximate surface area is 355 Å². The van der Waals surface area contributed by atoms with E-state index < -0.39 is 53.6 Å². The second-order valence-electron chi connectivity index (χ2n) is 15.1. The van der Waals surface area contributed by atoms with Crippen LogP contribution < -0.4 is 4.74 Å². The van der Waals surface area contributed by atoms with Crippen LogP contribution in [0, 0.1) is 23.3 Å². The Kier molecular flexibility index (Phi) is 9.80. The molecule has 3 aliphatic rings. The van der Waals surface area contributed by atoms with Gasteiger partial charge in [-0.2, -0.15) is 8.78 Å². The summed E-state index contributed by atoms with van der Waals surface area (Å²) in [6.07, 6.45) is 5.31. The molecule has 14 heteroatoms. The van der Waals surface area contributed by atoms with Gasteiger partial charge in [0.25, 0.3) is 0 Å². The molecule has 6 heterocycles. The number of aromatic hydroxyl groups is 3. The molecule has 5 N–H and O–H groups in total. The van der Waals surface area contributed by atoms with Gasteiger partial charge in [-0.25, -0.2) is 18.7 Å². The van der Waals surface area contributed by atoms with Crippen LogP contribution in [0.1, 0.15) is 29.7 Å². The number of rotatable bonds is 7. The number of phenolic OH excluding ortho intramolecular Hbond substituents is 3. The van der Waals surface area contributed by atoms with Crippen LogP contribution in [0.15, 0.2) is 97.1 Å². The molecule has 0 radical (unpaired) electrons. The number of phenols is 3. The fraction of sp³-hybridized carbons (Fsp3) is 0.102.